The number of hydrogen-bond acceptors (Lipinski definition) is 9. The summed E-state index contributed by atoms with van der Waals surface area (Å²) in [5.41, 5.74) is 10.3. The highest BCUT2D eigenvalue weighted by atomic mass is 32.1. The Bertz CT molecular complexity index is 429. The highest BCUT2D eigenvalue weighted by molar-refractivity contribution is 7.80. The summed E-state index contributed by atoms with van der Waals surface area (Å²) in [5.74, 6) is 0.181. The molecule has 0 atom stereocenters. The summed E-state index contributed by atoms with van der Waals surface area (Å²) in [6, 6.07) is 0. The lowest BCUT2D eigenvalue weighted by Crippen LogP contribution is -2.02. The molecule has 0 amide bonds. The minimum atomic E-state index is -5.05. The topological polar surface area (TPSA) is 215 Å². The third-order valence-electron chi connectivity index (χ3n) is 0.871. The maximum absolute atomic E-state index is 9.63. The van der Waals surface area contributed by atoms with Crippen LogP contribution in [-0.2, 0) is 13.4 Å². The number of aromatic nitrogens is 3. The minimum Gasteiger partial charge on any atom is -0.368 e. The molecule has 0 unspecified atom stereocenters. The van der Waals surface area contributed by atoms with Gasteiger partial charge < -0.3 is 31.0 Å². The molecule has 1 heterocycles. The first-order chi connectivity index (χ1) is 7.89. The Balaban J connectivity index is 0.000000321. The number of nitrogens with two attached hydrogens (primary N) is 2. The lowest BCUT2D eigenvalue weighted by Gasteiger charge is -2.03. The Morgan fingerprint density at radius 1 is 0.944 bits per heavy atom. The van der Waals surface area contributed by atoms with E-state index in [-0.39, 0.29) is 17.1 Å². The SMILES string of the molecule is Nc1nc(N)nc(S)n1.O=P(O)(O)OP(=O)(O)O. The van der Waals surface area contributed by atoms with Crippen LogP contribution in [0, 0.1) is 0 Å². The summed E-state index contributed by atoms with van der Waals surface area (Å²) >= 11 is 3.80. The van der Waals surface area contributed by atoms with E-state index in [4.69, 9.17) is 31.0 Å². The molecule has 8 N–H and O–H groups in total. The fourth-order valence-corrected chi connectivity index (χ4v) is 1.85. The first kappa shape index (κ1) is 17.2. The number of anilines is 2. The number of nitrogens with zero attached hydrogens (tertiary/aromatic N) is 3. The van der Waals surface area contributed by atoms with Crippen molar-refractivity contribution in [3.8, 4) is 0 Å². The van der Waals surface area contributed by atoms with Gasteiger partial charge in [-0.2, -0.15) is 19.3 Å². The second-order valence-corrected chi connectivity index (χ2v) is 5.43. The van der Waals surface area contributed by atoms with Gasteiger partial charge in [0.1, 0.15) is 0 Å². The Morgan fingerprint density at radius 3 is 1.44 bits per heavy atom. The molecular weight excluding hydrogens is 312 g/mol. The average Bonchev–Trinajstić information content (AvgIpc) is 1.92. The third-order valence-corrected chi connectivity index (χ3v) is 2.77. The fraction of sp³-hybridized carbons (Fsp3) is 0. The molecule has 15 heteroatoms. The zero-order valence-corrected chi connectivity index (χ0v) is 11.0. The van der Waals surface area contributed by atoms with E-state index < -0.39 is 15.6 Å². The Hall–Kier alpha value is -0.780. The molecule has 12 nitrogen and oxygen atoms in total. The van der Waals surface area contributed by atoms with Crippen molar-refractivity contribution in [2.45, 2.75) is 5.16 Å². The van der Waals surface area contributed by atoms with E-state index >= 15 is 0 Å². The molecule has 1 rings (SSSR count). The molecule has 0 aliphatic heterocycles. The van der Waals surface area contributed by atoms with Gasteiger partial charge in [-0.1, -0.05) is 0 Å². The molecule has 0 fully saturated rings. The smallest absolute Gasteiger partial charge is 0.368 e. The first-order valence-electron chi connectivity index (χ1n) is 3.67. The van der Waals surface area contributed by atoms with Crippen LogP contribution in [0.5, 0.6) is 0 Å². The van der Waals surface area contributed by atoms with Gasteiger partial charge in [-0.3, -0.25) is 0 Å². The Kier molecular flexibility index (Phi) is 6.13. The molecule has 0 saturated carbocycles. The van der Waals surface area contributed by atoms with Crippen LogP contribution in [0.2, 0.25) is 0 Å². The van der Waals surface area contributed by atoms with Crippen LogP contribution >= 0.6 is 28.3 Å². The van der Waals surface area contributed by atoms with Crippen molar-refractivity contribution in [1.29, 1.82) is 0 Å². The van der Waals surface area contributed by atoms with Gasteiger partial charge in [0.15, 0.2) is 5.16 Å². The summed E-state index contributed by atoms with van der Waals surface area (Å²) in [4.78, 5) is 41.7. The van der Waals surface area contributed by atoms with Crippen molar-refractivity contribution in [1.82, 2.24) is 15.0 Å². The van der Waals surface area contributed by atoms with E-state index in [2.05, 4.69) is 31.9 Å². The summed E-state index contributed by atoms with van der Waals surface area (Å²) in [6.45, 7) is 0. The number of rotatable bonds is 2. The molecule has 0 radical (unpaired) electrons. The summed E-state index contributed by atoms with van der Waals surface area (Å²) < 4.78 is 22.2. The average molecular weight is 321 g/mol. The van der Waals surface area contributed by atoms with E-state index in [1.165, 1.54) is 0 Å². The van der Waals surface area contributed by atoms with Crippen LogP contribution in [0.1, 0.15) is 0 Å². The maximum Gasteiger partial charge on any atom is 0.478 e. The van der Waals surface area contributed by atoms with Crippen molar-refractivity contribution in [3.05, 3.63) is 0 Å². The largest absolute Gasteiger partial charge is 0.478 e. The molecule has 0 spiro atoms. The highest BCUT2D eigenvalue weighted by Gasteiger charge is 2.27. The van der Waals surface area contributed by atoms with E-state index in [0.29, 0.717) is 0 Å². The van der Waals surface area contributed by atoms with Gasteiger partial charge in [-0.25, -0.2) is 9.13 Å². The van der Waals surface area contributed by atoms with E-state index in [1.54, 1.807) is 0 Å². The molecule has 0 aliphatic carbocycles. The van der Waals surface area contributed by atoms with Crippen LogP contribution in [0.4, 0.5) is 11.9 Å². The van der Waals surface area contributed by atoms with Crippen LogP contribution < -0.4 is 11.5 Å². The number of thiol groups is 1. The third kappa shape index (κ3) is 10.4. The lowest BCUT2D eigenvalue weighted by molar-refractivity contribution is 0.225. The molecule has 0 aliphatic rings. The second kappa shape index (κ2) is 6.41. The van der Waals surface area contributed by atoms with Crippen molar-refractivity contribution in [2.24, 2.45) is 0 Å². The maximum atomic E-state index is 9.63. The summed E-state index contributed by atoms with van der Waals surface area (Å²) in [6.07, 6.45) is 0. The van der Waals surface area contributed by atoms with E-state index in [1.807, 2.05) is 0 Å². The molecular formula is C3H9N5O7P2S. The lowest BCUT2D eigenvalue weighted by atomic mass is 10.9. The Labute approximate surface area is 105 Å². The monoisotopic (exact) mass is 321 g/mol. The molecule has 0 bridgehead atoms. The standard InChI is InChI=1S/C3H5N5S.H4O7P2/c4-1-6-2(5)8-3(9)7-1;1-8(2,3)7-9(4,5)6/h(H5,4,5,6,7,8,9);(H2,1,2,3)(H2,4,5,6). The van der Waals surface area contributed by atoms with Gasteiger partial charge in [0.2, 0.25) is 11.9 Å². The van der Waals surface area contributed by atoms with Crippen LogP contribution in [0.25, 0.3) is 0 Å². The zero-order chi connectivity index (χ0) is 14.6. The summed E-state index contributed by atoms with van der Waals surface area (Å²) in [5, 5.41) is 0.236. The van der Waals surface area contributed by atoms with Gasteiger partial charge in [0.05, 0.1) is 0 Å². The number of phosphoric acid groups is 2. The van der Waals surface area contributed by atoms with E-state index in [9.17, 15) is 9.13 Å². The van der Waals surface area contributed by atoms with Crippen molar-refractivity contribution in [2.75, 3.05) is 11.5 Å². The first-order valence-corrected chi connectivity index (χ1v) is 7.18. The van der Waals surface area contributed by atoms with Gasteiger partial charge in [0.25, 0.3) is 0 Å². The highest BCUT2D eigenvalue weighted by Crippen LogP contribution is 2.53. The molecule has 0 aromatic carbocycles. The van der Waals surface area contributed by atoms with Gasteiger partial charge in [-0.15, -0.1) is 12.6 Å². The Morgan fingerprint density at radius 2 is 1.28 bits per heavy atom. The predicted molar refractivity (Wildman–Crippen MR) is 61.1 cm³/mol. The molecule has 0 saturated heterocycles. The summed E-state index contributed by atoms with van der Waals surface area (Å²) in [7, 11) is -10.1. The number of nitrogen functional groups attached to an aromatic ring is 2. The fourth-order valence-electron chi connectivity index (χ4n) is 0.536. The van der Waals surface area contributed by atoms with Gasteiger partial charge in [0, 0.05) is 0 Å². The molecule has 1 aromatic rings. The van der Waals surface area contributed by atoms with Crippen molar-refractivity contribution in [3.63, 3.8) is 0 Å². The predicted octanol–water partition coefficient (Wildman–Crippen LogP) is -1.49. The number of hydrogen-bond donors (Lipinski definition) is 7. The second-order valence-electron chi connectivity index (χ2n) is 2.41. The van der Waals surface area contributed by atoms with Gasteiger partial charge in [-0.05, 0) is 0 Å². The molecule has 1 aromatic heterocycles. The quantitative estimate of drug-likeness (QED) is 0.245. The van der Waals surface area contributed by atoms with Crippen LogP contribution in [0.3, 0.4) is 0 Å². The van der Waals surface area contributed by atoms with Gasteiger partial charge >= 0.3 is 15.6 Å². The van der Waals surface area contributed by atoms with E-state index in [0.717, 1.165) is 0 Å². The minimum absolute atomic E-state index is 0.0903. The molecule has 104 valence electrons. The molecule has 18 heavy (non-hydrogen) atoms. The zero-order valence-electron chi connectivity index (χ0n) is 8.35. The van der Waals surface area contributed by atoms with Crippen molar-refractivity contribution >= 4 is 40.2 Å². The van der Waals surface area contributed by atoms with Crippen LogP contribution in [-0.4, -0.2) is 34.5 Å². The van der Waals surface area contributed by atoms with Crippen LogP contribution in [0.15, 0.2) is 5.16 Å². The normalized spacial score (nSPS) is 11.6. The van der Waals surface area contributed by atoms with Crippen molar-refractivity contribution < 1.29 is 33.0 Å².